The summed E-state index contributed by atoms with van der Waals surface area (Å²) in [7, 11) is 0. The maximum absolute atomic E-state index is 4.69. The minimum Gasteiger partial charge on any atom is -0.290 e. The van der Waals surface area contributed by atoms with E-state index in [0.29, 0.717) is 6.04 Å². The van der Waals surface area contributed by atoms with Gasteiger partial charge in [0.05, 0.1) is 11.8 Å². The maximum Gasteiger partial charge on any atom is 0.0654 e. The molecule has 0 N–H and O–H groups in total. The van der Waals surface area contributed by atoms with E-state index in [1.165, 1.54) is 37.8 Å². The fourth-order valence-electron chi connectivity index (χ4n) is 2.22. The Hall–Kier alpha value is -0.790. The van der Waals surface area contributed by atoms with Crippen molar-refractivity contribution in [1.29, 1.82) is 0 Å². The van der Waals surface area contributed by atoms with Crippen LogP contribution in [-0.4, -0.2) is 23.3 Å². The topological polar surface area (TPSA) is 15.6 Å². The lowest BCUT2D eigenvalue weighted by atomic mass is 10.0. The number of rotatable bonds is 1. The first-order chi connectivity index (χ1) is 6.90. The van der Waals surface area contributed by atoms with Crippen LogP contribution in [0.4, 0.5) is 0 Å². The van der Waals surface area contributed by atoms with Gasteiger partial charge in [-0.1, -0.05) is 32.3 Å². The number of hydrogen-bond acceptors (Lipinski definition) is 2. The lowest BCUT2D eigenvalue weighted by Crippen LogP contribution is -2.34. The average molecular weight is 192 g/mol. The molecule has 1 fully saturated rings. The molecular weight excluding hydrogens is 172 g/mol. The van der Waals surface area contributed by atoms with E-state index in [1.54, 1.807) is 0 Å². The van der Waals surface area contributed by atoms with E-state index in [1.807, 2.05) is 0 Å². The predicted molar refractivity (Wildman–Crippen MR) is 60.4 cm³/mol. The molecule has 2 heterocycles. The first-order valence-electron chi connectivity index (χ1n) is 5.92. The van der Waals surface area contributed by atoms with Crippen molar-refractivity contribution >= 4 is 5.71 Å². The molecule has 2 aliphatic rings. The molecule has 2 rings (SSSR count). The molecule has 2 aliphatic heterocycles. The Labute approximate surface area is 86.7 Å². The highest BCUT2D eigenvalue weighted by Crippen LogP contribution is 2.20. The zero-order valence-corrected chi connectivity index (χ0v) is 9.08. The molecule has 0 aliphatic carbocycles. The Kier molecular flexibility index (Phi) is 3.22. The molecule has 0 aromatic rings. The van der Waals surface area contributed by atoms with Gasteiger partial charge in [-0.3, -0.25) is 5.01 Å². The Balaban J connectivity index is 2.04. The van der Waals surface area contributed by atoms with Crippen molar-refractivity contribution in [3.05, 3.63) is 12.2 Å². The molecule has 0 aromatic carbocycles. The minimum atomic E-state index is 0.589. The van der Waals surface area contributed by atoms with Crippen LogP contribution in [0.5, 0.6) is 0 Å². The largest absolute Gasteiger partial charge is 0.290 e. The van der Waals surface area contributed by atoms with Gasteiger partial charge in [0.25, 0.3) is 0 Å². The average Bonchev–Trinajstić information content (AvgIpc) is 2.18. The van der Waals surface area contributed by atoms with Crippen molar-refractivity contribution in [2.45, 2.75) is 51.5 Å². The van der Waals surface area contributed by atoms with Crippen LogP contribution in [0, 0.1) is 0 Å². The molecule has 0 amide bonds. The maximum atomic E-state index is 4.69. The van der Waals surface area contributed by atoms with Gasteiger partial charge in [-0.2, -0.15) is 5.10 Å². The second-order valence-electron chi connectivity index (χ2n) is 4.24. The van der Waals surface area contributed by atoms with Crippen LogP contribution in [0.15, 0.2) is 17.3 Å². The van der Waals surface area contributed by atoms with Crippen LogP contribution in [0.3, 0.4) is 0 Å². The third-order valence-corrected chi connectivity index (χ3v) is 3.15. The second kappa shape index (κ2) is 4.63. The van der Waals surface area contributed by atoms with E-state index in [2.05, 4.69) is 29.2 Å². The van der Waals surface area contributed by atoms with Gasteiger partial charge in [0.2, 0.25) is 0 Å². The normalized spacial score (nSPS) is 27.6. The molecule has 78 valence electrons. The van der Waals surface area contributed by atoms with Crippen molar-refractivity contribution < 1.29 is 0 Å². The van der Waals surface area contributed by atoms with Crippen LogP contribution in [-0.2, 0) is 0 Å². The molecule has 2 nitrogen and oxygen atoms in total. The fourth-order valence-corrected chi connectivity index (χ4v) is 2.22. The molecule has 0 saturated carbocycles. The number of hydrogen-bond donors (Lipinski definition) is 0. The number of nitrogens with zero attached hydrogens (tertiary/aromatic N) is 2. The summed E-state index contributed by atoms with van der Waals surface area (Å²) in [5, 5.41) is 6.99. The first kappa shape index (κ1) is 9.75. The van der Waals surface area contributed by atoms with Gasteiger partial charge in [0.15, 0.2) is 0 Å². The van der Waals surface area contributed by atoms with Gasteiger partial charge in [-0.25, -0.2) is 0 Å². The SMILES string of the molecule is CCC1=NN2CCCCCCC2C=C1. The lowest BCUT2D eigenvalue weighted by molar-refractivity contribution is 0.205. The summed E-state index contributed by atoms with van der Waals surface area (Å²) in [5.41, 5.74) is 1.24. The predicted octanol–water partition coefficient (Wildman–Crippen LogP) is 2.96. The van der Waals surface area contributed by atoms with Crippen LogP contribution in [0.1, 0.15) is 45.4 Å². The minimum absolute atomic E-state index is 0.589. The van der Waals surface area contributed by atoms with Gasteiger partial charge < -0.3 is 0 Å². The molecule has 0 aromatic heterocycles. The Morgan fingerprint density at radius 3 is 3.07 bits per heavy atom. The summed E-state index contributed by atoms with van der Waals surface area (Å²) in [4.78, 5) is 0. The van der Waals surface area contributed by atoms with E-state index in [-0.39, 0.29) is 0 Å². The monoisotopic (exact) mass is 192 g/mol. The molecule has 1 atom stereocenters. The summed E-state index contributed by atoms with van der Waals surface area (Å²) in [6.45, 7) is 3.33. The molecular formula is C12H20N2. The van der Waals surface area contributed by atoms with Crippen molar-refractivity contribution in [2.75, 3.05) is 6.54 Å². The molecule has 1 saturated heterocycles. The smallest absolute Gasteiger partial charge is 0.0654 e. The van der Waals surface area contributed by atoms with Crippen LogP contribution < -0.4 is 0 Å². The van der Waals surface area contributed by atoms with Crippen LogP contribution in [0.2, 0.25) is 0 Å². The standard InChI is InChI=1S/C12H20N2/c1-2-11-8-9-12-7-5-3-4-6-10-14(12)13-11/h8-9,12H,2-7,10H2,1H3. The molecule has 14 heavy (non-hydrogen) atoms. The summed E-state index contributed by atoms with van der Waals surface area (Å²) in [6, 6.07) is 0.589. The molecule has 2 heteroatoms. The lowest BCUT2D eigenvalue weighted by Gasteiger charge is -2.32. The molecule has 0 bridgehead atoms. The van der Waals surface area contributed by atoms with E-state index in [0.717, 1.165) is 13.0 Å². The zero-order valence-electron chi connectivity index (χ0n) is 9.08. The molecule has 0 radical (unpaired) electrons. The van der Waals surface area contributed by atoms with Gasteiger partial charge in [-0.15, -0.1) is 0 Å². The van der Waals surface area contributed by atoms with Gasteiger partial charge >= 0.3 is 0 Å². The van der Waals surface area contributed by atoms with Crippen molar-refractivity contribution in [2.24, 2.45) is 5.10 Å². The number of hydrazone groups is 1. The first-order valence-corrected chi connectivity index (χ1v) is 5.92. The summed E-state index contributed by atoms with van der Waals surface area (Å²) >= 11 is 0. The van der Waals surface area contributed by atoms with Crippen LogP contribution in [0.25, 0.3) is 0 Å². The Morgan fingerprint density at radius 1 is 1.36 bits per heavy atom. The third-order valence-electron chi connectivity index (χ3n) is 3.15. The number of allylic oxidation sites excluding steroid dienone is 1. The zero-order chi connectivity index (χ0) is 9.80. The summed E-state index contributed by atoms with van der Waals surface area (Å²) in [5.74, 6) is 0. The fraction of sp³-hybridized carbons (Fsp3) is 0.750. The Morgan fingerprint density at radius 2 is 2.21 bits per heavy atom. The Bertz CT molecular complexity index is 243. The van der Waals surface area contributed by atoms with Gasteiger partial charge in [-0.05, 0) is 25.3 Å². The quantitative estimate of drug-likeness (QED) is 0.623. The number of fused-ring (bicyclic) bond motifs is 1. The van der Waals surface area contributed by atoms with Crippen molar-refractivity contribution in [1.82, 2.24) is 5.01 Å². The highest BCUT2D eigenvalue weighted by Gasteiger charge is 2.18. The summed E-state index contributed by atoms with van der Waals surface area (Å²) in [6.07, 6.45) is 12.4. The van der Waals surface area contributed by atoms with Gasteiger partial charge in [0, 0.05) is 6.54 Å². The third kappa shape index (κ3) is 2.17. The van der Waals surface area contributed by atoms with E-state index >= 15 is 0 Å². The highest BCUT2D eigenvalue weighted by atomic mass is 15.5. The second-order valence-corrected chi connectivity index (χ2v) is 4.24. The van der Waals surface area contributed by atoms with Crippen molar-refractivity contribution in [3.8, 4) is 0 Å². The van der Waals surface area contributed by atoms with Crippen molar-refractivity contribution in [3.63, 3.8) is 0 Å². The van der Waals surface area contributed by atoms with Crippen LogP contribution >= 0.6 is 0 Å². The molecule has 1 unspecified atom stereocenters. The summed E-state index contributed by atoms with van der Waals surface area (Å²) < 4.78 is 0. The van der Waals surface area contributed by atoms with Gasteiger partial charge in [0.1, 0.15) is 0 Å². The van der Waals surface area contributed by atoms with E-state index in [9.17, 15) is 0 Å². The molecule has 0 spiro atoms. The van der Waals surface area contributed by atoms with E-state index < -0.39 is 0 Å². The highest BCUT2D eigenvalue weighted by molar-refractivity contribution is 5.95. The van der Waals surface area contributed by atoms with E-state index in [4.69, 9.17) is 0 Å².